The molecule has 0 aliphatic heterocycles. The minimum Gasteiger partial charge on any atom is -0.391 e. The molecule has 3 aromatic carbocycles. The Labute approximate surface area is 195 Å². The number of aromatic nitrogens is 2. The zero-order chi connectivity index (χ0) is 22.9. The number of benzene rings is 3. The summed E-state index contributed by atoms with van der Waals surface area (Å²) in [6.45, 7) is 0. The van der Waals surface area contributed by atoms with Gasteiger partial charge in [-0.1, -0.05) is 42.6 Å². The normalized spacial score (nSPS) is 18.4. The van der Waals surface area contributed by atoms with E-state index in [0.29, 0.717) is 33.9 Å². The number of halogens is 2. The summed E-state index contributed by atoms with van der Waals surface area (Å²) in [6, 6.07) is 18.6. The number of carbonyl (C=O) groups is 1. The van der Waals surface area contributed by atoms with Gasteiger partial charge in [0.1, 0.15) is 11.5 Å². The zero-order valence-electron chi connectivity index (χ0n) is 17.8. The SMILES string of the molecule is O=C(NC1CCCCC1O)c1ccc2c(-c3ccccc3Cl)nn(-c3ccc(F)cc3)c2c1. The van der Waals surface area contributed by atoms with E-state index in [2.05, 4.69) is 5.32 Å². The molecule has 1 saturated carbocycles. The molecule has 1 amide bonds. The summed E-state index contributed by atoms with van der Waals surface area (Å²) in [5.74, 6) is -0.582. The Bertz CT molecular complexity index is 1320. The second-order valence-corrected chi connectivity index (χ2v) is 8.79. The highest BCUT2D eigenvalue weighted by molar-refractivity contribution is 6.33. The first kappa shape index (κ1) is 21.6. The zero-order valence-corrected chi connectivity index (χ0v) is 18.6. The lowest BCUT2D eigenvalue weighted by Gasteiger charge is -2.28. The molecule has 1 fully saturated rings. The Morgan fingerprint density at radius 2 is 1.82 bits per heavy atom. The maximum Gasteiger partial charge on any atom is 0.251 e. The van der Waals surface area contributed by atoms with Gasteiger partial charge in [-0.3, -0.25) is 4.79 Å². The van der Waals surface area contributed by atoms with Crippen LogP contribution in [0.25, 0.3) is 27.8 Å². The van der Waals surface area contributed by atoms with Crippen LogP contribution in [-0.4, -0.2) is 32.9 Å². The van der Waals surface area contributed by atoms with Gasteiger partial charge in [0.05, 0.1) is 28.4 Å². The van der Waals surface area contributed by atoms with Gasteiger partial charge in [-0.25, -0.2) is 9.07 Å². The van der Waals surface area contributed by atoms with E-state index in [-0.39, 0.29) is 17.8 Å². The van der Waals surface area contributed by atoms with Crippen LogP contribution in [0.3, 0.4) is 0 Å². The molecule has 0 saturated heterocycles. The maximum atomic E-state index is 13.5. The van der Waals surface area contributed by atoms with E-state index < -0.39 is 6.10 Å². The smallest absolute Gasteiger partial charge is 0.251 e. The molecule has 5 rings (SSSR count). The van der Waals surface area contributed by atoms with Crippen LogP contribution in [0.5, 0.6) is 0 Å². The summed E-state index contributed by atoms with van der Waals surface area (Å²) in [6.07, 6.45) is 2.89. The molecule has 2 atom stereocenters. The van der Waals surface area contributed by atoms with E-state index in [9.17, 15) is 14.3 Å². The first-order chi connectivity index (χ1) is 16.0. The average molecular weight is 464 g/mol. The Morgan fingerprint density at radius 1 is 1.06 bits per heavy atom. The monoisotopic (exact) mass is 463 g/mol. The third-order valence-corrected chi connectivity index (χ3v) is 6.52. The number of hydrogen-bond acceptors (Lipinski definition) is 3. The van der Waals surface area contributed by atoms with E-state index in [0.717, 1.165) is 30.2 Å². The van der Waals surface area contributed by atoms with E-state index >= 15 is 0 Å². The van der Waals surface area contributed by atoms with Crippen molar-refractivity contribution in [2.45, 2.75) is 37.8 Å². The average Bonchev–Trinajstić information content (AvgIpc) is 3.20. The predicted molar refractivity (Wildman–Crippen MR) is 127 cm³/mol. The number of nitrogens with zero attached hydrogens (tertiary/aromatic N) is 2. The van der Waals surface area contributed by atoms with Gasteiger partial charge in [-0.05, 0) is 61.4 Å². The summed E-state index contributed by atoms with van der Waals surface area (Å²) in [7, 11) is 0. The van der Waals surface area contributed by atoms with Gasteiger partial charge in [0, 0.05) is 16.5 Å². The molecule has 0 spiro atoms. The van der Waals surface area contributed by atoms with E-state index in [1.165, 1.54) is 12.1 Å². The van der Waals surface area contributed by atoms with Crippen molar-refractivity contribution >= 4 is 28.4 Å². The lowest BCUT2D eigenvalue weighted by molar-refractivity contribution is 0.0717. The molecule has 4 aromatic rings. The highest BCUT2D eigenvalue weighted by Crippen LogP contribution is 2.34. The molecule has 33 heavy (non-hydrogen) atoms. The van der Waals surface area contributed by atoms with Crippen LogP contribution >= 0.6 is 11.6 Å². The number of amides is 1. The second kappa shape index (κ2) is 8.96. The molecule has 2 N–H and O–H groups in total. The number of nitrogens with one attached hydrogen (secondary N) is 1. The molecule has 1 aliphatic carbocycles. The van der Waals surface area contributed by atoms with Gasteiger partial charge in [0.2, 0.25) is 0 Å². The molecule has 0 radical (unpaired) electrons. The first-order valence-corrected chi connectivity index (χ1v) is 11.4. The minimum absolute atomic E-state index is 0.242. The Morgan fingerprint density at radius 3 is 2.58 bits per heavy atom. The van der Waals surface area contributed by atoms with Crippen LogP contribution in [0.2, 0.25) is 5.02 Å². The lowest BCUT2D eigenvalue weighted by Crippen LogP contribution is -2.45. The highest BCUT2D eigenvalue weighted by Gasteiger charge is 2.25. The Balaban J connectivity index is 1.60. The van der Waals surface area contributed by atoms with Crippen molar-refractivity contribution in [2.75, 3.05) is 0 Å². The lowest BCUT2D eigenvalue weighted by atomic mass is 9.92. The van der Waals surface area contributed by atoms with Crippen molar-refractivity contribution in [3.05, 3.63) is 83.1 Å². The van der Waals surface area contributed by atoms with Gasteiger partial charge in [-0.2, -0.15) is 5.10 Å². The standard InChI is InChI=1S/C26H23ClFN3O2/c27-21-6-2-1-5-19(21)25-20-14-9-16(26(33)29-22-7-3-4-8-24(22)32)15-23(20)31(30-25)18-12-10-17(28)11-13-18/h1-2,5-6,9-15,22,24,32H,3-4,7-8H2,(H,29,33). The molecule has 5 nitrogen and oxygen atoms in total. The van der Waals surface area contributed by atoms with Crippen molar-refractivity contribution in [3.8, 4) is 16.9 Å². The number of carbonyl (C=O) groups excluding carboxylic acids is 1. The van der Waals surface area contributed by atoms with Crippen molar-refractivity contribution < 1.29 is 14.3 Å². The molecule has 2 unspecified atom stereocenters. The number of fused-ring (bicyclic) bond motifs is 1. The van der Waals surface area contributed by atoms with Crippen molar-refractivity contribution in [1.82, 2.24) is 15.1 Å². The van der Waals surface area contributed by atoms with Gasteiger partial charge < -0.3 is 10.4 Å². The molecule has 1 aromatic heterocycles. The van der Waals surface area contributed by atoms with Gasteiger partial charge in [-0.15, -0.1) is 0 Å². The van der Waals surface area contributed by atoms with Crippen LogP contribution < -0.4 is 5.32 Å². The summed E-state index contributed by atoms with van der Waals surface area (Å²) in [5.41, 5.74) is 3.28. The molecular formula is C26H23ClFN3O2. The van der Waals surface area contributed by atoms with E-state index in [4.69, 9.17) is 16.7 Å². The fourth-order valence-corrected chi connectivity index (χ4v) is 4.64. The van der Waals surface area contributed by atoms with Gasteiger partial charge in [0.25, 0.3) is 5.91 Å². The Kier molecular flexibility index (Phi) is 5.87. The molecule has 0 bridgehead atoms. The fraction of sp³-hybridized carbons (Fsp3) is 0.231. The van der Waals surface area contributed by atoms with Crippen LogP contribution in [0.15, 0.2) is 66.7 Å². The van der Waals surface area contributed by atoms with Crippen molar-refractivity contribution in [2.24, 2.45) is 0 Å². The number of rotatable bonds is 4. The summed E-state index contributed by atoms with van der Waals surface area (Å²) in [5, 5.41) is 19.4. The molecule has 7 heteroatoms. The highest BCUT2D eigenvalue weighted by atomic mass is 35.5. The van der Waals surface area contributed by atoms with Crippen LogP contribution in [0.4, 0.5) is 4.39 Å². The minimum atomic E-state index is -0.525. The Hall–Kier alpha value is -3.22. The first-order valence-electron chi connectivity index (χ1n) is 11.0. The number of aliphatic hydroxyl groups excluding tert-OH is 1. The fourth-order valence-electron chi connectivity index (χ4n) is 4.42. The quantitative estimate of drug-likeness (QED) is 0.419. The van der Waals surface area contributed by atoms with Crippen LogP contribution in [0.1, 0.15) is 36.0 Å². The van der Waals surface area contributed by atoms with Crippen LogP contribution in [-0.2, 0) is 0 Å². The molecular weight excluding hydrogens is 441 g/mol. The van der Waals surface area contributed by atoms with Crippen molar-refractivity contribution in [3.63, 3.8) is 0 Å². The maximum absolute atomic E-state index is 13.5. The van der Waals surface area contributed by atoms with Gasteiger partial charge >= 0.3 is 0 Å². The molecule has 1 heterocycles. The van der Waals surface area contributed by atoms with Crippen LogP contribution in [0, 0.1) is 5.82 Å². The second-order valence-electron chi connectivity index (χ2n) is 8.38. The third-order valence-electron chi connectivity index (χ3n) is 6.19. The number of hydrogen-bond donors (Lipinski definition) is 2. The van der Waals surface area contributed by atoms with E-state index in [1.807, 2.05) is 24.3 Å². The summed E-state index contributed by atoms with van der Waals surface area (Å²) in [4.78, 5) is 13.0. The molecule has 168 valence electrons. The summed E-state index contributed by atoms with van der Waals surface area (Å²) >= 11 is 6.45. The topological polar surface area (TPSA) is 67.2 Å². The van der Waals surface area contributed by atoms with Crippen molar-refractivity contribution in [1.29, 1.82) is 0 Å². The summed E-state index contributed by atoms with van der Waals surface area (Å²) < 4.78 is 15.2. The molecule has 1 aliphatic rings. The largest absolute Gasteiger partial charge is 0.391 e. The number of aliphatic hydroxyl groups is 1. The van der Waals surface area contributed by atoms with E-state index in [1.54, 1.807) is 35.0 Å². The predicted octanol–water partition coefficient (Wildman–Crippen LogP) is 5.52. The third kappa shape index (κ3) is 4.24. The van der Waals surface area contributed by atoms with Gasteiger partial charge in [0.15, 0.2) is 0 Å².